The third-order valence-corrected chi connectivity index (χ3v) is 4.20. The molecule has 1 aliphatic rings. The lowest BCUT2D eigenvalue weighted by Gasteiger charge is -2.36. The number of anilines is 1. The van der Waals surface area contributed by atoms with E-state index in [1.165, 1.54) is 12.8 Å². The van der Waals surface area contributed by atoms with E-state index in [4.69, 9.17) is 11.6 Å². The van der Waals surface area contributed by atoms with Gasteiger partial charge in [0.25, 0.3) is 0 Å². The molecule has 1 saturated heterocycles. The molecule has 4 heteroatoms. The number of piperidine rings is 1. The number of aromatic nitrogens is 1. The zero-order valence-electron chi connectivity index (χ0n) is 12.2. The summed E-state index contributed by atoms with van der Waals surface area (Å²) in [5, 5.41) is 4.01. The number of nitrogens with zero attached hydrogens (tertiary/aromatic N) is 2. The number of hydrogen-bond acceptors (Lipinski definition) is 3. The van der Waals surface area contributed by atoms with Crippen molar-refractivity contribution < 1.29 is 0 Å². The lowest BCUT2D eigenvalue weighted by molar-refractivity contribution is 0.126. The highest BCUT2D eigenvalue weighted by atomic mass is 35.5. The number of halogens is 1. The van der Waals surface area contributed by atoms with Crippen LogP contribution in [0.5, 0.6) is 0 Å². The first-order chi connectivity index (χ1) is 9.00. The standard InChI is InChI=1S/C15H24ClN3/c1-4-17-14-6-5-12(16)13(18-14)11-19-9-7-15(2,3)8-10-19/h5-6H,4,7-11H2,1-3H3,(H,17,18). The summed E-state index contributed by atoms with van der Waals surface area (Å²) in [4.78, 5) is 7.06. The SMILES string of the molecule is CCNc1ccc(Cl)c(CN2CCC(C)(C)CC2)n1. The predicted molar refractivity (Wildman–Crippen MR) is 81.7 cm³/mol. The van der Waals surface area contributed by atoms with Crippen LogP contribution in [0.2, 0.25) is 5.02 Å². The first-order valence-corrected chi connectivity index (χ1v) is 7.49. The first kappa shape index (κ1) is 14.6. The Labute approximate surface area is 121 Å². The van der Waals surface area contributed by atoms with Gasteiger partial charge in [0.05, 0.1) is 10.7 Å². The Morgan fingerprint density at radius 3 is 2.63 bits per heavy atom. The van der Waals surface area contributed by atoms with Crippen LogP contribution in [0.1, 0.15) is 39.3 Å². The minimum atomic E-state index is 0.485. The number of likely N-dealkylation sites (tertiary alicyclic amines) is 1. The van der Waals surface area contributed by atoms with Crippen LogP contribution in [0.25, 0.3) is 0 Å². The van der Waals surface area contributed by atoms with Gasteiger partial charge < -0.3 is 5.32 Å². The van der Waals surface area contributed by atoms with Crippen molar-refractivity contribution in [3.8, 4) is 0 Å². The van der Waals surface area contributed by atoms with Crippen LogP contribution in [-0.2, 0) is 6.54 Å². The Bertz CT molecular complexity index is 421. The van der Waals surface area contributed by atoms with Crippen LogP contribution in [0.4, 0.5) is 5.82 Å². The van der Waals surface area contributed by atoms with Gasteiger partial charge in [0.1, 0.15) is 5.82 Å². The van der Waals surface area contributed by atoms with E-state index in [2.05, 4.69) is 36.0 Å². The van der Waals surface area contributed by atoms with E-state index in [-0.39, 0.29) is 0 Å². The van der Waals surface area contributed by atoms with Gasteiger partial charge in [-0.3, -0.25) is 4.90 Å². The maximum Gasteiger partial charge on any atom is 0.126 e. The van der Waals surface area contributed by atoms with E-state index >= 15 is 0 Å². The molecule has 1 fully saturated rings. The fraction of sp³-hybridized carbons (Fsp3) is 0.667. The largest absolute Gasteiger partial charge is 0.370 e. The van der Waals surface area contributed by atoms with Crippen molar-refractivity contribution in [1.82, 2.24) is 9.88 Å². The van der Waals surface area contributed by atoms with E-state index < -0.39 is 0 Å². The molecule has 0 atom stereocenters. The third kappa shape index (κ3) is 4.08. The maximum atomic E-state index is 6.25. The van der Waals surface area contributed by atoms with Gasteiger partial charge in [0.15, 0.2) is 0 Å². The predicted octanol–water partition coefficient (Wildman–Crippen LogP) is 3.79. The summed E-state index contributed by atoms with van der Waals surface area (Å²) < 4.78 is 0. The fourth-order valence-electron chi connectivity index (χ4n) is 2.40. The van der Waals surface area contributed by atoms with Crippen LogP contribution in [0.15, 0.2) is 12.1 Å². The summed E-state index contributed by atoms with van der Waals surface area (Å²) in [5.74, 6) is 0.916. The lowest BCUT2D eigenvalue weighted by Crippen LogP contribution is -2.37. The topological polar surface area (TPSA) is 28.2 Å². The number of hydrogen-bond donors (Lipinski definition) is 1. The van der Waals surface area contributed by atoms with E-state index in [0.717, 1.165) is 42.7 Å². The highest BCUT2D eigenvalue weighted by Gasteiger charge is 2.25. The molecule has 0 unspecified atom stereocenters. The zero-order chi connectivity index (χ0) is 13.9. The van der Waals surface area contributed by atoms with Crippen molar-refractivity contribution in [1.29, 1.82) is 0 Å². The van der Waals surface area contributed by atoms with E-state index in [0.29, 0.717) is 5.41 Å². The van der Waals surface area contributed by atoms with Gasteiger partial charge in [-0.15, -0.1) is 0 Å². The molecule has 1 aromatic heterocycles. The van der Waals surface area contributed by atoms with Crippen LogP contribution in [-0.4, -0.2) is 29.5 Å². The van der Waals surface area contributed by atoms with Gasteiger partial charge in [-0.25, -0.2) is 4.98 Å². The second kappa shape index (κ2) is 6.10. The second-order valence-electron chi connectivity index (χ2n) is 6.10. The van der Waals surface area contributed by atoms with Gasteiger partial charge in [0.2, 0.25) is 0 Å². The third-order valence-electron chi connectivity index (χ3n) is 3.86. The van der Waals surface area contributed by atoms with Gasteiger partial charge in [0, 0.05) is 13.1 Å². The molecular formula is C15H24ClN3. The van der Waals surface area contributed by atoms with E-state index in [1.807, 2.05) is 12.1 Å². The summed E-state index contributed by atoms with van der Waals surface area (Å²) in [6.45, 7) is 10.8. The van der Waals surface area contributed by atoms with Crippen molar-refractivity contribution in [3.05, 3.63) is 22.8 Å². The molecule has 2 rings (SSSR count). The minimum absolute atomic E-state index is 0.485. The summed E-state index contributed by atoms with van der Waals surface area (Å²) in [6.07, 6.45) is 2.50. The minimum Gasteiger partial charge on any atom is -0.370 e. The quantitative estimate of drug-likeness (QED) is 0.910. The lowest BCUT2D eigenvalue weighted by atomic mass is 9.83. The second-order valence-corrected chi connectivity index (χ2v) is 6.50. The molecule has 1 N–H and O–H groups in total. The zero-order valence-corrected chi connectivity index (χ0v) is 12.9. The summed E-state index contributed by atoms with van der Waals surface area (Å²) in [5.41, 5.74) is 1.47. The van der Waals surface area contributed by atoms with Crippen molar-refractivity contribution in [3.63, 3.8) is 0 Å². The average molecular weight is 282 g/mol. The normalized spacial score (nSPS) is 19.4. The van der Waals surface area contributed by atoms with Crippen LogP contribution in [0, 0.1) is 5.41 Å². The highest BCUT2D eigenvalue weighted by Crippen LogP contribution is 2.30. The fourth-order valence-corrected chi connectivity index (χ4v) is 2.57. The highest BCUT2D eigenvalue weighted by molar-refractivity contribution is 6.31. The van der Waals surface area contributed by atoms with Gasteiger partial charge in [-0.2, -0.15) is 0 Å². The molecule has 0 aromatic carbocycles. The Kier molecular flexibility index (Phi) is 4.69. The average Bonchev–Trinajstić information content (AvgIpc) is 2.36. The van der Waals surface area contributed by atoms with Crippen LogP contribution in [0.3, 0.4) is 0 Å². The molecule has 0 radical (unpaired) electrons. The molecule has 0 bridgehead atoms. The van der Waals surface area contributed by atoms with Gasteiger partial charge in [-0.1, -0.05) is 25.4 Å². The van der Waals surface area contributed by atoms with Crippen molar-refractivity contribution in [2.24, 2.45) is 5.41 Å². The van der Waals surface area contributed by atoms with E-state index in [1.54, 1.807) is 0 Å². The molecule has 1 aromatic rings. The van der Waals surface area contributed by atoms with Crippen LogP contribution < -0.4 is 5.32 Å². The Morgan fingerprint density at radius 1 is 1.32 bits per heavy atom. The molecule has 0 saturated carbocycles. The van der Waals surface area contributed by atoms with Crippen LogP contribution >= 0.6 is 11.6 Å². The molecule has 0 spiro atoms. The first-order valence-electron chi connectivity index (χ1n) is 7.12. The number of pyridine rings is 1. The molecule has 106 valence electrons. The van der Waals surface area contributed by atoms with Gasteiger partial charge >= 0.3 is 0 Å². The summed E-state index contributed by atoms with van der Waals surface area (Å²) in [7, 11) is 0. The number of rotatable bonds is 4. The summed E-state index contributed by atoms with van der Waals surface area (Å²) >= 11 is 6.25. The smallest absolute Gasteiger partial charge is 0.126 e. The Balaban J connectivity index is 2.00. The summed E-state index contributed by atoms with van der Waals surface area (Å²) in [6, 6.07) is 3.88. The monoisotopic (exact) mass is 281 g/mol. The molecule has 2 heterocycles. The van der Waals surface area contributed by atoms with Crippen molar-refractivity contribution >= 4 is 17.4 Å². The molecule has 19 heavy (non-hydrogen) atoms. The van der Waals surface area contributed by atoms with Crippen molar-refractivity contribution in [2.75, 3.05) is 25.0 Å². The van der Waals surface area contributed by atoms with Crippen molar-refractivity contribution in [2.45, 2.75) is 40.2 Å². The maximum absolute atomic E-state index is 6.25. The molecule has 0 aliphatic carbocycles. The molecular weight excluding hydrogens is 258 g/mol. The molecule has 3 nitrogen and oxygen atoms in total. The Hall–Kier alpha value is -0.800. The Morgan fingerprint density at radius 2 is 2.00 bits per heavy atom. The molecule has 0 amide bonds. The molecule has 1 aliphatic heterocycles. The van der Waals surface area contributed by atoms with Gasteiger partial charge in [-0.05, 0) is 50.4 Å². The van der Waals surface area contributed by atoms with E-state index in [9.17, 15) is 0 Å². The number of nitrogens with one attached hydrogen (secondary N) is 1.